The van der Waals surface area contributed by atoms with Crippen LogP contribution in [0.25, 0.3) is 6.08 Å². The minimum atomic E-state index is -0.677. The lowest BCUT2D eigenvalue weighted by atomic mass is 10.1. The number of carbonyl (C=O) groups excluding carboxylic acids is 2. The van der Waals surface area contributed by atoms with Crippen molar-refractivity contribution < 1.29 is 14.3 Å². The Morgan fingerprint density at radius 1 is 0.968 bits per heavy atom. The Balaban J connectivity index is 1.42. The highest BCUT2D eigenvalue weighted by molar-refractivity contribution is 5.85. The topological polar surface area (TPSA) is 61.9 Å². The van der Waals surface area contributed by atoms with Crippen LogP contribution in [-0.4, -0.2) is 74.1 Å². The van der Waals surface area contributed by atoms with E-state index < -0.39 is 12.0 Å². The summed E-state index contributed by atoms with van der Waals surface area (Å²) in [7, 11) is 1.35. The van der Waals surface area contributed by atoms with E-state index in [0.717, 1.165) is 38.3 Å². The second-order valence-corrected chi connectivity index (χ2v) is 7.72. The van der Waals surface area contributed by atoms with Gasteiger partial charge in [-0.3, -0.25) is 14.6 Å². The number of rotatable bonds is 9. The zero-order chi connectivity index (χ0) is 21.9. The van der Waals surface area contributed by atoms with Crippen molar-refractivity contribution in [1.29, 1.82) is 0 Å². The normalized spacial score (nSPS) is 16.2. The van der Waals surface area contributed by atoms with Crippen LogP contribution in [0.5, 0.6) is 0 Å². The van der Waals surface area contributed by atoms with Gasteiger partial charge in [0.05, 0.1) is 13.7 Å². The number of piperazine rings is 1. The van der Waals surface area contributed by atoms with Crippen molar-refractivity contribution in [3.63, 3.8) is 0 Å². The third kappa shape index (κ3) is 7.66. The van der Waals surface area contributed by atoms with E-state index in [-0.39, 0.29) is 12.5 Å². The van der Waals surface area contributed by atoms with Gasteiger partial charge >= 0.3 is 5.97 Å². The maximum absolute atomic E-state index is 12.6. The van der Waals surface area contributed by atoms with Gasteiger partial charge in [0, 0.05) is 39.1 Å². The van der Waals surface area contributed by atoms with E-state index in [4.69, 9.17) is 4.74 Å². The lowest BCUT2D eigenvalue weighted by molar-refractivity contribution is -0.145. The Kier molecular flexibility index (Phi) is 8.82. The highest BCUT2D eigenvalue weighted by Gasteiger charge is 2.24. The molecular weight excluding hydrogens is 390 g/mol. The highest BCUT2D eigenvalue weighted by Crippen LogP contribution is 2.07. The van der Waals surface area contributed by atoms with Crippen LogP contribution in [0.4, 0.5) is 0 Å². The predicted octanol–water partition coefficient (Wildman–Crippen LogP) is 2.22. The average molecular weight is 422 g/mol. The van der Waals surface area contributed by atoms with Crippen LogP contribution in [0, 0.1) is 0 Å². The van der Waals surface area contributed by atoms with E-state index in [1.165, 1.54) is 12.7 Å². The van der Waals surface area contributed by atoms with E-state index in [9.17, 15) is 9.59 Å². The lowest BCUT2D eigenvalue weighted by Gasteiger charge is -2.33. The number of esters is 1. The molecule has 0 bridgehead atoms. The van der Waals surface area contributed by atoms with Gasteiger partial charge in [-0.2, -0.15) is 0 Å². The Morgan fingerprint density at radius 3 is 2.23 bits per heavy atom. The van der Waals surface area contributed by atoms with Crippen molar-refractivity contribution in [2.24, 2.45) is 0 Å². The standard InChI is InChI=1S/C25H31N3O3/c1-31-25(30)23(19-22-11-6-3-7-12-22)26-24(29)20-28-17-15-27(16-18-28)14-8-13-21-9-4-2-5-10-21/h2-13,23H,14-20H2,1H3,(H,26,29)/b13-8+/t23-/m1/s1. The third-order valence-electron chi connectivity index (χ3n) is 5.41. The summed E-state index contributed by atoms with van der Waals surface area (Å²) >= 11 is 0. The molecule has 3 rings (SSSR count). The van der Waals surface area contributed by atoms with Crippen molar-refractivity contribution >= 4 is 18.0 Å². The van der Waals surface area contributed by atoms with Crippen LogP contribution in [-0.2, 0) is 20.7 Å². The highest BCUT2D eigenvalue weighted by atomic mass is 16.5. The van der Waals surface area contributed by atoms with Gasteiger partial charge in [-0.05, 0) is 11.1 Å². The molecule has 0 radical (unpaired) electrons. The minimum Gasteiger partial charge on any atom is -0.467 e. The summed E-state index contributed by atoms with van der Waals surface area (Å²) in [6.07, 6.45) is 4.74. The summed E-state index contributed by atoms with van der Waals surface area (Å²) in [4.78, 5) is 29.2. The monoisotopic (exact) mass is 421 g/mol. The number of methoxy groups -OCH3 is 1. The molecule has 1 heterocycles. The van der Waals surface area contributed by atoms with Crippen LogP contribution in [0.2, 0.25) is 0 Å². The van der Waals surface area contributed by atoms with Gasteiger partial charge in [-0.25, -0.2) is 4.79 Å². The fourth-order valence-corrected chi connectivity index (χ4v) is 3.66. The molecule has 2 aromatic carbocycles. The quantitative estimate of drug-likeness (QED) is 0.629. The first kappa shape index (κ1) is 22.7. The van der Waals surface area contributed by atoms with Gasteiger partial charge in [-0.15, -0.1) is 0 Å². The third-order valence-corrected chi connectivity index (χ3v) is 5.41. The van der Waals surface area contributed by atoms with Crippen LogP contribution in [0.15, 0.2) is 66.7 Å². The second-order valence-electron chi connectivity index (χ2n) is 7.72. The zero-order valence-corrected chi connectivity index (χ0v) is 18.1. The molecule has 1 N–H and O–H groups in total. The van der Waals surface area contributed by atoms with E-state index in [2.05, 4.69) is 39.4 Å². The fourth-order valence-electron chi connectivity index (χ4n) is 3.66. The summed E-state index contributed by atoms with van der Waals surface area (Å²) in [6.45, 7) is 4.67. The molecule has 6 nitrogen and oxygen atoms in total. The molecule has 1 aliphatic rings. The smallest absolute Gasteiger partial charge is 0.328 e. The summed E-state index contributed by atoms with van der Waals surface area (Å²) in [5.74, 6) is -0.573. The van der Waals surface area contributed by atoms with Crippen LogP contribution < -0.4 is 5.32 Å². The molecule has 0 spiro atoms. The molecule has 1 aliphatic heterocycles. The van der Waals surface area contributed by atoms with E-state index >= 15 is 0 Å². The minimum absolute atomic E-state index is 0.149. The molecule has 1 fully saturated rings. The number of amides is 1. The summed E-state index contributed by atoms with van der Waals surface area (Å²) in [6, 6.07) is 19.2. The maximum Gasteiger partial charge on any atom is 0.328 e. The number of hydrogen-bond donors (Lipinski definition) is 1. The summed E-state index contributed by atoms with van der Waals surface area (Å²) < 4.78 is 4.88. The van der Waals surface area contributed by atoms with Gasteiger partial charge in [-0.1, -0.05) is 72.8 Å². The molecule has 0 unspecified atom stereocenters. The number of nitrogens with zero attached hydrogens (tertiary/aromatic N) is 2. The Morgan fingerprint density at radius 2 is 1.58 bits per heavy atom. The largest absolute Gasteiger partial charge is 0.467 e. The Bertz CT molecular complexity index is 847. The van der Waals surface area contributed by atoms with Gasteiger partial charge in [0.2, 0.25) is 5.91 Å². The van der Waals surface area contributed by atoms with Crippen LogP contribution in [0.1, 0.15) is 11.1 Å². The molecule has 0 aliphatic carbocycles. The first-order chi connectivity index (χ1) is 15.1. The molecule has 2 aromatic rings. The van der Waals surface area contributed by atoms with Gasteiger partial charge in [0.25, 0.3) is 0 Å². The zero-order valence-electron chi connectivity index (χ0n) is 18.1. The number of benzene rings is 2. The molecule has 1 amide bonds. The predicted molar refractivity (Wildman–Crippen MR) is 122 cm³/mol. The van der Waals surface area contributed by atoms with Crippen molar-refractivity contribution in [2.45, 2.75) is 12.5 Å². The Labute approximate surface area is 184 Å². The SMILES string of the molecule is COC(=O)[C@@H](Cc1ccccc1)NC(=O)CN1CCN(C/C=C/c2ccccc2)CC1. The van der Waals surface area contributed by atoms with Gasteiger partial charge < -0.3 is 10.1 Å². The van der Waals surface area contributed by atoms with Crippen molar-refractivity contribution in [3.05, 3.63) is 77.9 Å². The van der Waals surface area contributed by atoms with Crippen molar-refractivity contribution in [3.8, 4) is 0 Å². The van der Waals surface area contributed by atoms with Gasteiger partial charge in [0.15, 0.2) is 0 Å². The van der Waals surface area contributed by atoms with E-state index in [0.29, 0.717) is 6.42 Å². The maximum atomic E-state index is 12.6. The lowest BCUT2D eigenvalue weighted by Crippen LogP contribution is -2.51. The molecule has 0 aromatic heterocycles. The number of carbonyl (C=O) groups is 2. The van der Waals surface area contributed by atoms with E-state index in [1.807, 2.05) is 48.5 Å². The summed E-state index contributed by atoms with van der Waals surface area (Å²) in [5, 5.41) is 2.85. The molecule has 0 saturated carbocycles. The molecule has 31 heavy (non-hydrogen) atoms. The van der Waals surface area contributed by atoms with E-state index in [1.54, 1.807) is 0 Å². The first-order valence-electron chi connectivity index (χ1n) is 10.7. The first-order valence-corrected chi connectivity index (χ1v) is 10.7. The molecule has 6 heteroatoms. The number of nitrogens with one attached hydrogen (secondary N) is 1. The fraction of sp³-hybridized carbons (Fsp3) is 0.360. The second kappa shape index (κ2) is 12.0. The molecular formula is C25H31N3O3. The number of ether oxygens (including phenoxy) is 1. The van der Waals surface area contributed by atoms with Gasteiger partial charge in [0.1, 0.15) is 6.04 Å². The number of hydrogen-bond acceptors (Lipinski definition) is 5. The average Bonchev–Trinajstić information content (AvgIpc) is 2.80. The Hall–Kier alpha value is -2.96. The molecule has 164 valence electrons. The van der Waals surface area contributed by atoms with Crippen molar-refractivity contribution in [2.75, 3.05) is 46.4 Å². The summed E-state index contributed by atoms with van der Waals surface area (Å²) in [5.41, 5.74) is 2.18. The van der Waals surface area contributed by atoms with Crippen LogP contribution in [0.3, 0.4) is 0 Å². The molecule has 1 atom stereocenters. The van der Waals surface area contributed by atoms with Crippen molar-refractivity contribution in [1.82, 2.24) is 15.1 Å². The van der Waals surface area contributed by atoms with Crippen LogP contribution >= 0.6 is 0 Å². The molecule has 1 saturated heterocycles.